The standard InChI is InChI=1S/C22H33NO5/c1-8-10-15-11-16(12-17(26-6)19(15)27-7)20(24)23-13-14(9-2)18(23)21(25)28-22(3,4)5/h11-12,14,18H,8-10,13H2,1-7H3. The van der Waals surface area contributed by atoms with Gasteiger partial charge in [-0.25, -0.2) is 4.79 Å². The molecule has 1 fully saturated rings. The number of methoxy groups -OCH3 is 2. The molecular weight excluding hydrogens is 358 g/mol. The maximum atomic E-state index is 13.2. The van der Waals surface area contributed by atoms with Crippen LogP contribution in [0.3, 0.4) is 0 Å². The maximum Gasteiger partial charge on any atom is 0.329 e. The summed E-state index contributed by atoms with van der Waals surface area (Å²) in [5, 5.41) is 0. The van der Waals surface area contributed by atoms with E-state index >= 15 is 0 Å². The molecule has 1 heterocycles. The zero-order chi connectivity index (χ0) is 21.1. The Labute approximate surface area is 168 Å². The molecule has 1 amide bonds. The molecule has 0 radical (unpaired) electrons. The first-order valence-electron chi connectivity index (χ1n) is 9.95. The Morgan fingerprint density at radius 1 is 1.14 bits per heavy atom. The highest BCUT2D eigenvalue weighted by Gasteiger charge is 2.47. The minimum absolute atomic E-state index is 0.119. The Hall–Kier alpha value is -2.24. The van der Waals surface area contributed by atoms with Crippen molar-refractivity contribution in [3.63, 3.8) is 0 Å². The SMILES string of the molecule is CCCc1cc(C(=O)N2CC(CC)C2C(=O)OC(C)(C)C)cc(OC)c1OC. The number of esters is 1. The fourth-order valence-corrected chi connectivity index (χ4v) is 3.61. The lowest BCUT2D eigenvalue weighted by molar-refractivity contribution is -0.168. The van der Waals surface area contributed by atoms with Gasteiger partial charge in [0.25, 0.3) is 5.91 Å². The Balaban J connectivity index is 2.33. The predicted octanol–water partition coefficient (Wildman–Crippen LogP) is 3.85. The van der Waals surface area contributed by atoms with Gasteiger partial charge in [0, 0.05) is 18.0 Å². The number of aryl methyl sites for hydroxylation is 1. The molecule has 1 aliphatic rings. The lowest BCUT2D eigenvalue weighted by Gasteiger charge is -2.46. The third kappa shape index (κ3) is 4.59. The van der Waals surface area contributed by atoms with Gasteiger partial charge in [-0.2, -0.15) is 0 Å². The zero-order valence-corrected chi connectivity index (χ0v) is 18.1. The fraction of sp³-hybridized carbons (Fsp3) is 0.636. The van der Waals surface area contributed by atoms with Crippen molar-refractivity contribution in [2.75, 3.05) is 20.8 Å². The first-order valence-corrected chi connectivity index (χ1v) is 9.95. The van der Waals surface area contributed by atoms with Gasteiger partial charge in [-0.15, -0.1) is 0 Å². The van der Waals surface area contributed by atoms with E-state index in [0.717, 1.165) is 24.8 Å². The van der Waals surface area contributed by atoms with Gasteiger partial charge in [0.1, 0.15) is 11.6 Å². The summed E-state index contributed by atoms with van der Waals surface area (Å²) < 4.78 is 16.5. The second kappa shape index (κ2) is 8.84. The average Bonchev–Trinajstić information content (AvgIpc) is 2.58. The van der Waals surface area contributed by atoms with Gasteiger partial charge in [0.15, 0.2) is 11.5 Å². The molecule has 1 saturated heterocycles. The van der Waals surface area contributed by atoms with Crippen molar-refractivity contribution >= 4 is 11.9 Å². The topological polar surface area (TPSA) is 65.1 Å². The van der Waals surface area contributed by atoms with Crippen molar-refractivity contribution < 1.29 is 23.8 Å². The maximum absolute atomic E-state index is 13.2. The molecular formula is C22H33NO5. The van der Waals surface area contributed by atoms with E-state index in [2.05, 4.69) is 6.92 Å². The Morgan fingerprint density at radius 2 is 1.82 bits per heavy atom. The third-order valence-corrected chi connectivity index (χ3v) is 4.97. The van der Waals surface area contributed by atoms with Crippen LogP contribution in [0.2, 0.25) is 0 Å². The second-order valence-electron chi connectivity index (χ2n) is 8.23. The van der Waals surface area contributed by atoms with Crippen LogP contribution in [-0.2, 0) is 16.0 Å². The summed E-state index contributed by atoms with van der Waals surface area (Å²) in [5.74, 6) is 0.777. The predicted molar refractivity (Wildman–Crippen MR) is 108 cm³/mol. The van der Waals surface area contributed by atoms with Crippen LogP contribution in [0.25, 0.3) is 0 Å². The van der Waals surface area contributed by atoms with Gasteiger partial charge in [-0.3, -0.25) is 4.79 Å². The van der Waals surface area contributed by atoms with Crippen molar-refractivity contribution in [2.45, 2.75) is 65.5 Å². The van der Waals surface area contributed by atoms with Gasteiger partial charge in [0.2, 0.25) is 0 Å². The summed E-state index contributed by atoms with van der Waals surface area (Å²) in [6, 6.07) is 2.99. The van der Waals surface area contributed by atoms with Gasteiger partial charge in [0.05, 0.1) is 14.2 Å². The fourth-order valence-electron chi connectivity index (χ4n) is 3.61. The molecule has 0 spiro atoms. The smallest absolute Gasteiger partial charge is 0.329 e. The molecule has 2 atom stereocenters. The van der Waals surface area contributed by atoms with E-state index in [-0.39, 0.29) is 17.8 Å². The molecule has 1 aromatic rings. The number of carbonyl (C=O) groups excluding carboxylic acids is 2. The Kier molecular flexibility index (Phi) is 6.96. The lowest BCUT2D eigenvalue weighted by Crippen LogP contribution is -2.63. The van der Waals surface area contributed by atoms with Crippen LogP contribution in [0.15, 0.2) is 12.1 Å². The molecule has 0 saturated carbocycles. The van der Waals surface area contributed by atoms with Crippen LogP contribution in [0.5, 0.6) is 11.5 Å². The van der Waals surface area contributed by atoms with Crippen molar-refractivity contribution in [1.29, 1.82) is 0 Å². The van der Waals surface area contributed by atoms with E-state index in [1.807, 2.05) is 33.8 Å². The number of carbonyl (C=O) groups is 2. The first kappa shape index (κ1) is 22.1. The van der Waals surface area contributed by atoms with E-state index in [1.54, 1.807) is 25.2 Å². The minimum atomic E-state index is -0.586. The highest BCUT2D eigenvalue weighted by Crippen LogP contribution is 2.36. The summed E-state index contributed by atoms with van der Waals surface area (Å²) in [4.78, 5) is 27.5. The number of hydrogen-bond donors (Lipinski definition) is 0. The molecule has 6 nitrogen and oxygen atoms in total. The zero-order valence-electron chi connectivity index (χ0n) is 18.1. The van der Waals surface area contributed by atoms with Crippen LogP contribution < -0.4 is 9.47 Å². The summed E-state index contributed by atoms with van der Waals surface area (Å²) in [6.07, 6.45) is 2.51. The third-order valence-electron chi connectivity index (χ3n) is 4.97. The molecule has 0 bridgehead atoms. The van der Waals surface area contributed by atoms with Crippen molar-refractivity contribution in [2.24, 2.45) is 5.92 Å². The quantitative estimate of drug-likeness (QED) is 0.661. The molecule has 0 aromatic heterocycles. The Morgan fingerprint density at radius 3 is 2.32 bits per heavy atom. The average molecular weight is 392 g/mol. The summed E-state index contributed by atoms with van der Waals surface area (Å²) in [6.45, 7) is 10.2. The van der Waals surface area contributed by atoms with Crippen LogP contribution in [0.4, 0.5) is 0 Å². The molecule has 28 heavy (non-hydrogen) atoms. The molecule has 2 unspecified atom stereocenters. The number of likely N-dealkylation sites (tertiary alicyclic amines) is 1. The lowest BCUT2D eigenvalue weighted by atomic mass is 9.85. The van der Waals surface area contributed by atoms with Gasteiger partial charge in [-0.1, -0.05) is 20.3 Å². The Bertz CT molecular complexity index is 722. The number of benzene rings is 1. The number of nitrogens with zero attached hydrogens (tertiary/aromatic N) is 1. The molecule has 6 heteroatoms. The minimum Gasteiger partial charge on any atom is -0.493 e. The van der Waals surface area contributed by atoms with E-state index in [0.29, 0.717) is 23.6 Å². The highest BCUT2D eigenvalue weighted by molar-refractivity contribution is 5.99. The van der Waals surface area contributed by atoms with Crippen LogP contribution >= 0.6 is 0 Å². The van der Waals surface area contributed by atoms with Crippen molar-refractivity contribution in [1.82, 2.24) is 4.90 Å². The molecule has 1 aromatic carbocycles. The second-order valence-corrected chi connectivity index (χ2v) is 8.23. The van der Waals surface area contributed by atoms with Gasteiger partial charge < -0.3 is 19.1 Å². The molecule has 0 aliphatic carbocycles. The molecule has 1 aliphatic heterocycles. The van der Waals surface area contributed by atoms with Crippen LogP contribution in [0.1, 0.15) is 63.4 Å². The van der Waals surface area contributed by atoms with Crippen molar-refractivity contribution in [3.8, 4) is 11.5 Å². The normalized spacial score (nSPS) is 19.0. The summed E-state index contributed by atoms with van der Waals surface area (Å²) >= 11 is 0. The molecule has 2 rings (SSSR count). The monoisotopic (exact) mass is 391 g/mol. The van der Waals surface area contributed by atoms with E-state index < -0.39 is 11.6 Å². The molecule has 0 N–H and O–H groups in total. The van der Waals surface area contributed by atoms with E-state index in [4.69, 9.17) is 14.2 Å². The van der Waals surface area contributed by atoms with E-state index in [9.17, 15) is 9.59 Å². The van der Waals surface area contributed by atoms with Gasteiger partial charge in [-0.05, 0) is 51.3 Å². The number of ether oxygens (including phenoxy) is 3. The first-order chi connectivity index (χ1) is 13.2. The van der Waals surface area contributed by atoms with Crippen LogP contribution in [0, 0.1) is 5.92 Å². The van der Waals surface area contributed by atoms with Gasteiger partial charge >= 0.3 is 5.97 Å². The highest BCUT2D eigenvalue weighted by atomic mass is 16.6. The van der Waals surface area contributed by atoms with Crippen molar-refractivity contribution in [3.05, 3.63) is 23.3 Å². The largest absolute Gasteiger partial charge is 0.493 e. The molecule has 156 valence electrons. The number of hydrogen-bond acceptors (Lipinski definition) is 5. The van der Waals surface area contributed by atoms with E-state index in [1.165, 1.54) is 0 Å². The number of amides is 1. The van der Waals surface area contributed by atoms with Crippen LogP contribution in [-0.4, -0.2) is 49.2 Å². The summed E-state index contributed by atoms with van der Waals surface area (Å²) in [5.41, 5.74) is 0.843. The number of rotatable bonds is 7. The summed E-state index contributed by atoms with van der Waals surface area (Å²) in [7, 11) is 3.15.